The molecule has 0 saturated carbocycles. The molecule has 0 spiro atoms. The van der Waals surface area contributed by atoms with Gasteiger partial charge in [0.2, 0.25) is 0 Å². The molecule has 0 aromatic heterocycles. The van der Waals surface area contributed by atoms with E-state index in [-0.39, 0.29) is 12.1 Å². The number of carbonyl (C=O) groups is 1. The van der Waals surface area contributed by atoms with Crippen molar-refractivity contribution in [3.63, 3.8) is 0 Å². The molecular weight excluding hydrogens is 332 g/mol. The lowest BCUT2D eigenvalue weighted by Gasteiger charge is -2.17. The lowest BCUT2D eigenvalue weighted by Crippen LogP contribution is -2.36. The highest BCUT2D eigenvalue weighted by Gasteiger charge is 2.12. The Hall–Kier alpha value is -2.89. The van der Waals surface area contributed by atoms with Gasteiger partial charge in [-0.3, -0.25) is 0 Å². The highest BCUT2D eigenvalue weighted by Crippen LogP contribution is 2.29. The molecule has 0 heterocycles. The van der Waals surface area contributed by atoms with Gasteiger partial charge in [-0.05, 0) is 49.2 Å². The van der Waals surface area contributed by atoms with Gasteiger partial charge < -0.3 is 24.8 Å². The predicted octanol–water partition coefficient (Wildman–Crippen LogP) is 3.66. The van der Waals surface area contributed by atoms with E-state index >= 15 is 0 Å². The van der Waals surface area contributed by atoms with Crippen molar-refractivity contribution in [2.75, 3.05) is 20.8 Å². The minimum Gasteiger partial charge on any atom is -0.494 e. The molecule has 6 nitrogen and oxygen atoms in total. The number of hydrogen-bond acceptors (Lipinski definition) is 4. The summed E-state index contributed by atoms with van der Waals surface area (Å²) in [5.74, 6) is 2.11. The van der Waals surface area contributed by atoms with E-state index in [4.69, 9.17) is 14.2 Å². The number of urea groups is 1. The highest BCUT2D eigenvalue weighted by atomic mass is 16.5. The monoisotopic (exact) mass is 358 g/mol. The van der Waals surface area contributed by atoms with Crippen molar-refractivity contribution in [3.8, 4) is 17.2 Å². The predicted molar refractivity (Wildman–Crippen MR) is 101 cm³/mol. The lowest BCUT2D eigenvalue weighted by molar-refractivity contribution is 0.237. The lowest BCUT2D eigenvalue weighted by atomic mass is 10.1. The van der Waals surface area contributed by atoms with E-state index in [2.05, 4.69) is 10.6 Å². The van der Waals surface area contributed by atoms with E-state index in [1.807, 2.05) is 56.3 Å². The van der Waals surface area contributed by atoms with Crippen LogP contribution in [0, 0.1) is 0 Å². The Balaban J connectivity index is 1.88. The van der Waals surface area contributed by atoms with Crippen LogP contribution in [0.3, 0.4) is 0 Å². The van der Waals surface area contributed by atoms with Gasteiger partial charge in [0, 0.05) is 6.54 Å². The fraction of sp³-hybridized carbons (Fsp3) is 0.350. The fourth-order valence-electron chi connectivity index (χ4n) is 2.51. The van der Waals surface area contributed by atoms with Crippen molar-refractivity contribution in [2.24, 2.45) is 0 Å². The zero-order valence-electron chi connectivity index (χ0n) is 15.7. The van der Waals surface area contributed by atoms with Crippen LogP contribution in [0.4, 0.5) is 4.79 Å². The first-order valence-corrected chi connectivity index (χ1v) is 8.55. The van der Waals surface area contributed by atoms with E-state index in [9.17, 15) is 4.79 Å². The summed E-state index contributed by atoms with van der Waals surface area (Å²) in [6.07, 6.45) is 0. The fourth-order valence-corrected chi connectivity index (χ4v) is 2.51. The first-order valence-electron chi connectivity index (χ1n) is 8.55. The third-order valence-electron chi connectivity index (χ3n) is 3.94. The topological polar surface area (TPSA) is 68.8 Å². The summed E-state index contributed by atoms with van der Waals surface area (Å²) >= 11 is 0. The zero-order valence-corrected chi connectivity index (χ0v) is 15.7. The van der Waals surface area contributed by atoms with Gasteiger partial charge in [0.25, 0.3) is 0 Å². The summed E-state index contributed by atoms with van der Waals surface area (Å²) < 4.78 is 15.9. The largest absolute Gasteiger partial charge is 0.494 e. The average Bonchev–Trinajstić information content (AvgIpc) is 2.67. The van der Waals surface area contributed by atoms with Crippen molar-refractivity contribution < 1.29 is 19.0 Å². The summed E-state index contributed by atoms with van der Waals surface area (Å²) in [5, 5.41) is 5.77. The van der Waals surface area contributed by atoms with Gasteiger partial charge >= 0.3 is 6.03 Å². The summed E-state index contributed by atoms with van der Waals surface area (Å²) in [5.41, 5.74) is 1.93. The van der Waals surface area contributed by atoms with E-state index in [0.29, 0.717) is 24.7 Å². The second-order valence-electron chi connectivity index (χ2n) is 5.74. The summed E-state index contributed by atoms with van der Waals surface area (Å²) in [6.45, 7) is 4.93. The van der Waals surface area contributed by atoms with Gasteiger partial charge in [-0.1, -0.05) is 18.2 Å². The van der Waals surface area contributed by atoms with Gasteiger partial charge in [-0.15, -0.1) is 0 Å². The van der Waals surface area contributed by atoms with Crippen LogP contribution in [-0.4, -0.2) is 26.9 Å². The van der Waals surface area contributed by atoms with Crippen molar-refractivity contribution >= 4 is 6.03 Å². The molecule has 0 aliphatic carbocycles. The number of hydrogen-bond donors (Lipinski definition) is 2. The van der Waals surface area contributed by atoms with Crippen LogP contribution in [0.1, 0.15) is 31.0 Å². The van der Waals surface area contributed by atoms with Crippen LogP contribution in [-0.2, 0) is 6.54 Å². The molecular formula is C20H26N2O4. The Morgan fingerprint density at radius 1 is 1.04 bits per heavy atom. The van der Waals surface area contributed by atoms with Crippen molar-refractivity contribution in [3.05, 3.63) is 53.6 Å². The zero-order chi connectivity index (χ0) is 18.9. The molecule has 2 N–H and O–H groups in total. The molecule has 0 aliphatic rings. The molecule has 2 rings (SSSR count). The van der Waals surface area contributed by atoms with Crippen LogP contribution in [0.25, 0.3) is 0 Å². The molecule has 6 heteroatoms. The second-order valence-corrected chi connectivity index (χ2v) is 5.74. The van der Waals surface area contributed by atoms with Crippen LogP contribution in [0.15, 0.2) is 42.5 Å². The Morgan fingerprint density at radius 3 is 2.35 bits per heavy atom. The Morgan fingerprint density at radius 2 is 1.73 bits per heavy atom. The number of nitrogens with one attached hydrogen (secondary N) is 2. The molecule has 0 radical (unpaired) electrons. The number of benzene rings is 2. The molecule has 26 heavy (non-hydrogen) atoms. The normalized spacial score (nSPS) is 11.4. The van der Waals surface area contributed by atoms with Crippen molar-refractivity contribution in [1.29, 1.82) is 0 Å². The second kappa shape index (κ2) is 9.56. The van der Waals surface area contributed by atoms with Crippen molar-refractivity contribution in [1.82, 2.24) is 10.6 Å². The number of ether oxygens (including phenoxy) is 3. The first-order chi connectivity index (χ1) is 12.6. The molecule has 0 saturated heterocycles. The number of rotatable bonds is 8. The summed E-state index contributed by atoms with van der Waals surface area (Å²) in [6, 6.07) is 12.8. The minimum absolute atomic E-state index is 0.171. The summed E-state index contributed by atoms with van der Waals surface area (Å²) in [7, 11) is 3.18. The smallest absolute Gasteiger partial charge is 0.315 e. The Labute approximate surface area is 154 Å². The van der Waals surface area contributed by atoms with E-state index in [0.717, 1.165) is 16.9 Å². The number of carbonyl (C=O) groups excluding carboxylic acids is 1. The Bertz CT molecular complexity index is 716. The molecule has 0 aliphatic heterocycles. The summed E-state index contributed by atoms with van der Waals surface area (Å²) in [4.78, 5) is 12.1. The van der Waals surface area contributed by atoms with Crippen LogP contribution < -0.4 is 24.8 Å². The van der Waals surface area contributed by atoms with Gasteiger partial charge in [0.15, 0.2) is 11.5 Å². The van der Waals surface area contributed by atoms with Crippen LogP contribution >= 0.6 is 0 Å². The standard InChI is InChI=1S/C20H26N2O4/c1-5-26-17-9-6-15(7-10-17)13-21-20(23)22-14(2)16-8-11-18(24-3)19(12-16)25-4/h6-12,14H,5,13H2,1-4H3,(H2,21,22,23). The van der Waals surface area contributed by atoms with Crippen LogP contribution in [0.5, 0.6) is 17.2 Å². The van der Waals surface area contributed by atoms with Gasteiger partial charge in [-0.25, -0.2) is 4.79 Å². The highest BCUT2D eigenvalue weighted by molar-refractivity contribution is 5.74. The molecule has 2 amide bonds. The molecule has 0 fully saturated rings. The molecule has 2 aromatic carbocycles. The number of methoxy groups -OCH3 is 2. The van der Waals surface area contributed by atoms with Gasteiger partial charge in [-0.2, -0.15) is 0 Å². The van der Waals surface area contributed by atoms with E-state index < -0.39 is 0 Å². The maximum atomic E-state index is 12.1. The maximum absolute atomic E-state index is 12.1. The molecule has 2 aromatic rings. The molecule has 1 atom stereocenters. The Kier molecular flexibility index (Phi) is 7.14. The molecule has 140 valence electrons. The first kappa shape index (κ1) is 19.4. The maximum Gasteiger partial charge on any atom is 0.315 e. The quantitative estimate of drug-likeness (QED) is 0.756. The van der Waals surface area contributed by atoms with E-state index in [1.165, 1.54) is 0 Å². The van der Waals surface area contributed by atoms with Crippen LogP contribution in [0.2, 0.25) is 0 Å². The SMILES string of the molecule is CCOc1ccc(CNC(=O)NC(C)c2ccc(OC)c(OC)c2)cc1. The molecule has 1 unspecified atom stereocenters. The van der Waals surface area contributed by atoms with Gasteiger partial charge in [0.05, 0.1) is 26.9 Å². The van der Waals surface area contributed by atoms with Gasteiger partial charge in [0.1, 0.15) is 5.75 Å². The molecule has 0 bridgehead atoms. The van der Waals surface area contributed by atoms with Crippen molar-refractivity contribution in [2.45, 2.75) is 26.4 Å². The number of amides is 2. The van der Waals surface area contributed by atoms with E-state index in [1.54, 1.807) is 14.2 Å². The third kappa shape index (κ3) is 5.31. The minimum atomic E-state index is -0.235. The average molecular weight is 358 g/mol. The third-order valence-corrected chi connectivity index (χ3v) is 3.94.